The van der Waals surface area contributed by atoms with Crippen molar-refractivity contribution in [3.8, 4) is 0 Å². The molecule has 1 atom stereocenters. The van der Waals surface area contributed by atoms with E-state index in [0.717, 1.165) is 18.8 Å². The minimum atomic E-state index is 0.246. The van der Waals surface area contributed by atoms with Crippen molar-refractivity contribution in [1.29, 1.82) is 0 Å². The van der Waals surface area contributed by atoms with E-state index in [-0.39, 0.29) is 12.1 Å². The molecule has 1 saturated heterocycles. The number of aromatic nitrogens is 2. The van der Waals surface area contributed by atoms with Gasteiger partial charge in [0.2, 0.25) is 5.89 Å². The molecule has 1 aliphatic rings. The van der Waals surface area contributed by atoms with Crippen molar-refractivity contribution in [2.24, 2.45) is 0 Å². The maximum absolute atomic E-state index is 5.48. The van der Waals surface area contributed by atoms with Gasteiger partial charge in [-0.05, 0) is 33.2 Å². The summed E-state index contributed by atoms with van der Waals surface area (Å²) in [6, 6.07) is 0.260. The molecule has 5 nitrogen and oxygen atoms in total. The molecule has 1 aliphatic heterocycles. The SMILES string of the molecule is CC(C)OCCc1nc([C@H]2CCCCCN2)no1. The maximum atomic E-state index is 5.48. The fourth-order valence-corrected chi connectivity index (χ4v) is 2.14. The van der Waals surface area contributed by atoms with Gasteiger partial charge in [-0.25, -0.2) is 0 Å². The van der Waals surface area contributed by atoms with Gasteiger partial charge in [0.1, 0.15) is 0 Å². The van der Waals surface area contributed by atoms with Gasteiger partial charge in [-0.1, -0.05) is 18.0 Å². The van der Waals surface area contributed by atoms with Crippen molar-refractivity contribution in [3.05, 3.63) is 11.7 Å². The second kappa shape index (κ2) is 6.85. The van der Waals surface area contributed by atoms with Crippen LogP contribution < -0.4 is 5.32 Å². The molecule has 5 heteroatoms. The van der Waals surface area contributed by atoms with Gasteiger partial charge in [-0.3, -0.25) is 0 Å². The Labute approximate surface area is 108 Å². The molecule has 0 aromatic carbocycles. The Morgan fingerprint density at radius 2 is 2.28 bits per heavy atom. The summed E-state index contributed by atoms with van der Waals surface area (Å²) in [4.78, 5) is 4.45. The van der Waals surface area contributed by atoms with Gasteiger partial charge in [0.25, 0.3) is 0 Å². The lowest BCUT2D eigenvalue weighted by molar-refractivity contribution is 0.0773. The lowest BCUT2D eigenvalue weighted by Crippen LogP contribution is -2.21. The topological polar surface area (TPSA) is 60.2 Å². The smallest absolute Gasteiger partial charge is 0.229 e. The first kappa shape index (κ1) is 13.5. The quantitative estimate of drug-likeness (QED) is 0.872. The number of rotatable bonds is 5. The zero-order valence-electron chi connectivity index (χ0n) is 11.3. The summed E-state index contributed by atoms with van der Waals surface area (Å²) in [7, 11) is 0. The van der Waals surface area contributed by atoms with E-state index in [1.54, 1.807) is 0 Å². The monoisotopic (exact) mass is 253 g/mol. The minimum Gasteiger partial charge on any atom is -0.378 e. The van der Waals surface area contributed by atoms with Gasteiger partial charge < -0.3 is 14.6 Å². The average molecular weight is 253 g/mol. The lowest BCUT2D eigenvalue weighted by atomic mass is 10.1. The Morgan fingerprint density at radius 1 is 1.39 bits per heavy atom. The van der Waals surface area contributed by atoms with Crippen LogP contribution in [0, 0.1) is 0 Å². The second-order valence-electron chi connectivity index (χ2n) is 5.07. The summed E-state index contributed by atoms with van der Waals surface area (Å²) in [6.07, 6.45) is 5.80. The second-order valence-corrected chi connectivity index (χ2v) is 5.07. The Balaban J connectivity index is 1.84. The molecule has 2 heterocycles. The van der Waals surface area contributed by atoms with Crippen LogP contribution in [-0.4, -0.2) is 29.4 Å². The van der Waals surface area contributed by atoms with E-state index in [0.29, 0.717) is 18.9 Å². The molecule has 18 heavy (non-hydrogen) atoms. The van der Waals surface area contributed by atoms with E-state index in [9.17, 15) is 0 Å². The van der Waals surface area contributed by atoms with E-state index >= 15 is 0 Å². The van der Waals surface area contributed by atoms with Crippen molar-refractivity contribution in [2.75, 3.05) is 13.2 Å². The average Bonchev–Trinajstić information content (AvgIpc) is 2.63. The Morgan fingerprint density at radius 3 is 3.11 bits per heavy atom. The first-order valence-corrected chi connectivity index (χ1v) is 6.93. The fraction of sp³-hybridized carbons (Fsp3) is 0.846. The van der Waals surface area contributed by atoms with E-state index in [1.165, 1.54) is 19.3 Å². The predicted molar refractivity (Wildman–Crippen MR) is 68.3 cm³/mol. The summed E-state index contributed by atoms with van der Waals surface area (Å²) < 4.78 is 10.7. The molecule has 1 fully saturated rings. The molecular weight excluding hydrogens is 230 g/mol. The highest BCUT2D eigenvalue weighted by Gasteiger charge is 2.19. The Bertz CT molecular complexity index is 344. The highest BCUT2D eigenvalue weighted by atomic mass is 16.5. The fourth-order valence-electron chi connectivity index (χ4n) is 2.14. The summed E-state index contributed by atoms with van der Waals surface area (Å²) >= 11 is 0. The van der Waals surface area contributed by atoms with E-state index in [1.807, 2.05) is 13.8 Å². The van der Waals surface area contributed by atoms with E-state index in [4.69, 9.17) is 9.26 Å². The van der Waals surface area contributed by atoms with E-state index < -0.39 is 0 Å². The highest BCUT2D eigenvalue weighted by molar-refractivity contribution is 4.95. The summed E-state index contributed by atoms with van der Waals surface area (Å²) in [5.74, 6) is 1.48. The molecule has 0 aliphatic carbocycles. The predicted octanol–water partition coefficient (Wildman–Crippen LogP) is 2.24. The van der Waals surface area contributed by atoms with Crippen molar-refractivity contribution >= 4 is 0 Å². The number of nitrogens with zero attached hydrogens (tertiary/aromatic N) is 2. The third-order valence-corrected chi connectivity index (χ3v) is 3.12. The number of nitrogens with one attached hydrogen (secondary N) is 1. The molecule has 0 bridgehead atoms. The van der Waals surface area contributed by atoms with Crippen LogP contribution in [0.1, 0.15) is 57.3 Å². The normalized spacial score (nSPS) is 21.2. The summed E-state index contributed by atoms with van der Waals surface area (Å²) in [6.45, 7) is 5.73. The number of hydrogen-bond donors (Lipinski definition) is 1. The first-order valence-electron chi connectivity index (χ1n) is 6.93. The maximum Gasteiger partial charge on any atom is 0.229 e. The van der Waals surface area contributed by atoms with Crippen LogP contribution in [0.5, 0.6) is 0 Å². The van der Waals surface area contributed by atoms with Crippen molar-refractivity contribution < 1.29 is 9.26 Å². The van der Waals surface area contributed by atoms with Crippen LogP contribution in [0.15, 0.2) is 4.52 Å². The van der Waals surface area contributed by atoms with Crippen LogP contribution in [-0.2, 0) is 11.2 Å². The van der Waals surface area contributed by atoms with Gasteiger partial charge in [0.15, 0.2) is 5.82 Å². The third kappa shape index (κ3) is 4.07. The van der Waals surface area contributed by atoms with Crippen LogP contribution in [0.3, 0.4) is 0 Å². The molecule has 1 aromatic heterocycles. The molecule has 1 N–H and O–H groups in total. The number of ether oxygens (including phenoxy) is 1. The molecule has 0 unspecified atom stereocenters. The Hall–Kier alpha value is -0.940. The summed E-state index contributed by atoms with van der Waals surface area (Å²) in [5, 5.41) is 7.54. The van der Waals surface area contributed by atoms with Crippen LogP contribution in [0.2, 0.25) is 0 Å². The van der Waals surface area contributed by atoms with Gasteiger partial charge in [0, 0.05) is 0 Å². The highest BCUT2D eigenvalue weighted by Crippen LogP contribution is 2.20. The molecule has 0 amide bonds. The minimum absolute atomic E-state index is 0.246. The molecule has 0 radical (unpaired) electrons. The Kier molecular flexibility index (Phi) is 5.13. The molecule has 2 rings (SSSR count). The van der Waals surface area contributed by atoms with Crippen molar-refractivity contribution in [2.45, 2.75) is 58.1 Å². The molecular formula is C13H23N3O2. The standard InChI is InChI=1S/C13H23N3O2/c1-10(2)17-9-7-12-15-13(16-18-12)11-6-4-3-5-8-14-11/h10-11,14H,3-9H2,1-2H3/t11-/m1/s1. The van der Waals surface area contributed by atoms with Gasteiger partial charge in [-0.2, -0.15) is 4.98 Å². The van der Waals surface area contributed by atoms with Crippen molar-refractivity contribution in [1.82, 2.24) is 15.5 Å². The molecule has 0 saturated carbocycles. The largest absolute Gasteiger partial charge is 0.378 e. The third-order valence-electron chi connectivity index (χ3n) is 3.12. The first-order chi connectivity index (χ1) is 8.75. The van der Waals surface area contributed by atoms with Gasteiger partial charge in [-0.15, -0.1) is 0 Å². The molecule has 102 valence electrons. The van der Waals surface area contributed by atoms with Gasteiger partial charge >= 0.3 is 0 Å². The zero-order valence-corrected chi connectivity index (χ0v) is 11.3. The van der Waals surface area contributed by atoms with Crippen LogP contribution >= 0.6 is 0 Å². The van der Waals surface area contributed by atoms with Crippen molar-refractivity contribution in [3.63, 3.8) is 0 Å². The van der Waals surface area contributed by atoms with Crippen LogP contribution in [0.4, 0.5) is 0 Å². The van der Waals surface area contributed by atoms with Gasteiger partial charge in [0.05, 0.1) is 25.2 Å². The van der Waals surface area contributed by atoms with Crippen LogP contribution in [0.25, 0.3) is 0 Å². The molecule has 1 aromatic rings. The summed E-state index contributed by atoms with van der Waals surface area (Å²) in [5.41, 5.74) is 0. The number of hydrogen-bond acceptors (Lipinski definition) is 5. The van der Waals surface area contributed by atoms with E-state index in [2.05, 4.69) is 15.5 Å². The zero-order chi connectivity index (χ0) is 12.8. The molecule has 0 spiro atoms. The lowest BCUT2D eigenvalue weighted by Gasteiger charge is -2.09.